The number of aromatic amines is 2. The Labute approximate surface area is 136 Å². The molecule has 0 saturated carbocycles. The molecule has 3 aromatic rings. The zero-order valence-electron chi connectivity index (χ0n) is 12.8. The number of fused-ring (bicyclic) bond motifs is 1. The summed E-state index contributed by atoms with van der Waals surface area (Å²) in [6, 6.07) is 5.65. The maximum absolute atomic E-state index is 12.1. The fourth-order valence-corrected chi connectivity index (χ4v) is 2.56. The van der Waals surface area contributed by atoms with Crippen LogP contribution in [0.25, 0.3) is 23.5 Å². The quantitative estimate of drug-likeness (QED) is 0.740. The first-order valence-electron chi connectivity index (χ1n) is 7.28. The fraction of sp³-hybridized carbons (Fsp3) is 0.0588. The average Bonchev–Trinajstić information content (AvgIpc) is 3.18. The van der Waals surface area contributed by atoms with Crippen LogP contribution in [0, 0.1) is 0 Å². The van der Waals surface area contributed by atoms with E-state index in [0.717, 1.165) is 16.3 Å². The van der Waals surface area contributed by atoms with Crippen LogP contribution in [0.1, 0.15) is 5.56 Å². The minimum absolute atomic E-state index is 0.236. The molecule has 0 bridgehead atoms. The third kappa shape index (κ3) is 2.41. The lowest BCUT2D eigenvalue weighted by Gasteiger charge is -1.97. The van der Waals surface area contributed by atoms with Gasteiger partial charge in [-0.2, -0.15) is 0 Å². The lowest BCUT2D eigenvalue weighted by molar-refractivity contribution is 0.414. The zero-order chi connectivity index (χ0) is 16.5. The summed E-state index contributed by atoms with van der Waals surface area (Å²) in [4.78, 5) is 24.9. The number of allylic oxidation sites excluding steroid dienone is 1. The standard InChI is InChI=1S/C17H13N5O2/c1-24-12-2-3-14-10(7-12)6-11(20-14)8-13-16(21-22-17(13)23)15-9-18-4-5-19-15/h2-9H,1H3,(H2,21,22,23). The highest BCUT2D eigenvalue weighted by Gasteiger charge is 2.12. The van der Waals surface area contributed by atoms with Crippen LogP contribution in [0.4, 0.5) is 0 Å². The first-order chi connectivity index (χ1) is 11.7. The summed E-state index contributed by atoms with van der Waals surface area (Å²) in [6.45, 7) is 0. The number of rotatable bonds is 3. The Bertz CT molecular complexity index is 1110. The zero-order valence-corrected chi connectivity index (χ0v) is 12.8. The molecule has 0 fully saturated rings. The third-order valence-electron chi connectivity index (χ3n) is 3.71. The van der Waals surface area contributed by atoms with E-state index >= 15 is 0 Å². The molecule has 0 saturated heterocycles. The number of benzene rings is 1. The molecule has 7 heteroatoms. The first kappa shape index (κ1) is 14.1. The van der Waals surface area contributed by atoms with Gasteiger partial charge in [-0.15, -0.1) is 0 Å². The molecule has 1 aromatic carbocycles. The van der Waals surface area contributed by atoms with Crippen LogP contribution in [-0.2, 0) is 0 Å². The number of aromatic nitrogens is 4. The van der Waals surface area contributed by atoms with Crippen molar-refractivity contribution in [3.8, 4) is 17.1 Å². The lowest BCUT2D eigenvalue weighted by atomic mass is 10.1. The van der Waals surface area contributed by atoms with E-state index < -0.39 is 0 Å². The highest BCUT2D eigenvalue weighted by atomic mass is 16.5. The van der Waals surface area contributed by atoms with E-state index in [9.17, 15) is 4.79 Å². The van der Waals surface area contributed by atoms with Crippen LogP contribution in [0.3, 0.4) is 0 Å². The normalized spacial score (nSPS) is 14.1. The summed E-state index contributed by atoms with van der Waals surface area (Å²) in [5.74, 6) is 0.765. The summed E-state index contributed by atoms with van der Waals surface area (Å²) in [5.41, 5.74) is 2.08. The average molecular weight is 319 g/mol. The number of ether oxygens (including phenoxy) is 1. The van der Waals surface area contributed by atoms with Crippen LogP contribution in [0.15, 0.2) is 52.3 Å². The predicted octanol–water partition coefficient (Wildman–Crippen LogP) is 0.623. The summed E-state index contributed by atoms with van der Waals surface area (Å²) in [5, 5.41) is 7.22. The Hall–Kier alpha value is -3.48. The highest BCUT2D eigenvalue weighted by molar-refractivity contribution is 5.74. The van der Waals surface area contributed by atoms with Gasteiger partial charge in [0.05, 0.1) is 35.6 Å². The van der Waals surface area contributed by atoms with Gasteiger partial charge >= 0.3 is 0 Å². The fourth-order valence-electron chi connectivity index (χ4n) is 2.56. The Morgan fingerprint density at radius 3 is 2.92 bits per heavy atom. The van der Waals surface area contributed by atoms with Crippen LogP contribution >= 0.6 is 0 Å². The number of hydrogen-bond acceptors (Lipinski definition) is 5. The van der Waals surface area contributed by atoms with Gasteiger partial charge in [0.15, 0.2) is 0 Å². The number of H-pyrrole nitrogens is 2. The summed E-state index contributed by atoms with van der Waals surface area (Å²) in [7, 11) is 1.62. The van der Waals surface area contributed by atoms with Crippen molar-refractivity contribution < 1.29 is 4.74 Å². The molecule has 24 heavy (non-hydrogen) atoms. The topological polar surface area (TPSA) is 96.0 Å². The van der Waals surface area contributed by atoms with Gasteiger partial charge in [0.25, 0.3) is 5.56 Å². The summed E-state index contributed by atoms with van der Waals surface area (Å²) >= 11 is 0. The molecule has 0 atom stereocenters. The second-order valence-electron chi connectivity index (χ2n) is 5.21. The Kier molecular flexibility index (Phi) is 3.31. The van der Waals surface area contributed by atoms with E-state index in [-0.39, 0.29) is 5.56 Å². The summed E-state index contributed by atoms with van der Waals surface area (Å²) < 4.78 is 5.22. The molecule has 0 radical (unpaired) electrons. The van der Waals surface area contributed by atoms with Crippen molar-refractivity contribution in [1.82, 2.24) is 20.2 Å². The summed E-state index contributed by atoms with van der Waals surface area (Å²) in [6.07, 6.45) is 8.38. The van der Waals surface area contributed by atoms with Crippen molar-refractivity contribution in [3.63, 3.8) is 0 Å². The number of nitrogens with zero attached hydrogens (tertiary/aromatic N) is 3. The molecule has 1 aliphatic heterocycles. The van der Waals surface area contributed by atoms with Gasteiger partial charge in [-0.05, 0) is 30.4 Å². The van der Waals surface area contributed by atoms with Crippen molar-refractivity contribution in [1.29, 1.82) is 0 Å². The van der Waals surface area contributed by atoms with Gasteiger partial charge in [-0.1, -0.05) is 0 Å². The molecular weight excluding hydrogens is 306 g/mol. The van der Waals surface area contributed by atoms with Gasteiger partial charge in [0.1, 0.15) is 11.4 Å². The van der Waals surface area contributed by atoms with Gasteiger partial charge in [0.2, 0.25) is 0 Å². The number of methoxy groups -OCH3 is 1. The van der Waals surface area contributed by atoms with Crippen LogP contribution in [-0.4, -0.2) is 27.3 Å². The van der Waals surface area contributed by atoms with Crippen LogP contribution in [0.5, 0.6) is 5.75 Å². The lowest BCUT2D eigenvalue weighted by Crippen LogP contribution is -2.20. The minimum atomic E-state index is -0.236. The highest BCUT2D eigenvalue weighted by Crippen LogP contribution is 2.18. The first-order valence-corrected chi connectivity index (χ1v) is 7.28. The predicted molar refractivity (Wildman–Crippen MR) is 88.7 cm³/mol. The van der Waals surface area contributed by atoms with Crippen LogP contribution < -0.4 is 20.9 Å². The van der Waals surface area contributed by atoms with E-state index in [1.165, 1.54) is 0 Å². The molecule has 0 amide bonds. The molecule has 3 heterocycles. The van der Waals surface area contributed by atoms with Crippen molar-refractivity contribution in [2.75, 3.05) is 7.11 Å². The monoisotopic (exact) mass is 319 g/mol. The Balaban J connectivity index is 1.82. The third-order valence-corrected chi connectivity index (χ3v) is 3.71. The van der Waals surface area contributed by atoms with Gasteiger partial charge in [-0.3, -0.25) is 25.0 Å². The molecule has 2 N–H and O–H groups in total. The van der Waals surface area contributed by atoms with Crippen molar-refractivity contribution in [2.24, 2.45) is 4.99 Å². The molecular formula is C17H13N5O2. The van der Waals surface area contributed by atoms with Crippen LogP contribution in [0.2, 0.25) is 0 Å². The Morgan fingerprint density at radius 2 is 2.12 bits per heavy atom. The molecule has 0 unspecified atom stereocenters. The smallest absolute Gasteiger partial charge is 0.271 e. The van der Waals surface area contributed by atoms with Gasteiger partial charge < -0.3 is 4.74 Å². The van der Waals surface area contributed by atoms with Crippen molar-refractivity contribution in [2.45, 2.75) is 0 Å². The van der Waals surface area contributed by atoms with E-state index in [1.807, 2.05) is 24.3 Å². The van der Waals surface area contributed by atoms with Gasteiger partial charge in [-0.25, -0.2) is 4.99 Å². The van der Waals surface area contributed by atoms with E-state index in [1.54, 1.807) is 31.8 Å². The maximum atomic E-state index is 12.1. The van der Waals surface area contributed by atoms with Gasteiger partial charge in [0, 0.05) is 17.6 Å². The molecule has 0 spiro atoms. The number of nitrogens with one attached hydrogen (secondary N) is 2. The Morgan fingerprint density at radius 1 is 1.21 bits per heavy atom. The van der Waals surface area contributed by atoms with E-state index in [0.29, 0.717) is 22.6 Å². The second kappa shape index (κ2) is 5.62. The maximum Gasteiger partial charge on any atom is 0.271 e. The largest absolute Gasteiger partial charge is 0.497 e. The SMILES string of the molecule is COc1ccc2c(c1)=CC(=Cc1c(-c3cnccn3)[nH][nH]c1=O)N=2. The minimum Gasteiger partial charge on any atom is -0.497 e. The van der Waals surface area contributed by atoms with E-state index in [4.69, 9.17) is 4.74 Å². The second-order valence-corrected chi connectivity index (χ2v) is 5.21. The number of hydrogen-bond donors (Lipinski definition) is 2. The van der Waals surface area contributed by atoms with E-state index in [2.05, 4.69) is 25.2 Å². The molecule has 118 valence electrons. The molecule has 4 rings (SSSR count). The van der Waals surface area contributed by atoms with Crippen molar-refractivity contribution in [3.05, 3.63) is 69.0 Å². The molecule has 7 nitrogen and oxygen atoms in total. The molecule has 1 aliphatic rings. The molecule has 2 aromatic heterocycles. The molecule has 0 aliphatic carbocycles. The van der Waals surface area contributed by atoms with Crippen molar-refractivity contribution >= 4 is 12.2 Å².